The molecule has 12 nitrogen and oxygen atoms in total. The van der Waals surface area contributed by atoms with Gasteiger partial charge in [-0.15, -0.1) is 0 Å². The number of carbonyl (C=O) groups excluding carboxylic acids is 2. The zero-order valence-corrected chi connectivity index (χ0v) is 28.8. The second-order valence-electron chi connectivity index (χ2n) is 12.2. The minimum Gasteiger partial charge on any atom is -0.497 e. The molecule has 0 aromatic heterocycles. The Morgan fingerprint density at radius 3 is 2.46 bits per heavy atom. The molecule has 46 heavy (non-hydrogen) atoms. The van der Waals surface area contributed by atoms with Crippen molar-refractivity contribution in [3.05, 3.63) is 48.0 Å². The average Bonchev–Trinajstić information content (AvgIpc) is 3.01. The second kappa shape index (κ2) is 17.0. The molecule has 0 aliphatic carbocycles. The minimum atomic E-state index is -3.84. The summed E-state index contributed by atoms with van der Waals surface area (Å²) < 4.78 is 45.9. The summed E-state index contributed by atoms with van der Waals surface area (Å²) in [6.07, 6.45) is 1.48. The van der Waals surface area contributed by atoms with E-state index in [1.54, 1.807) is 42.2 Å². The van der Waals surface area contributed by atoms with Crippen LogP contribution >= 0.6 is 0 Å². The zero-order valence-electron chi connectivity index (χ0n) is 28.0. The van der Waals surface area contributed by atoms with Crippen molar-refractivity contribution >= 4 is 27.6 Å². The maximum absolute atomic E-state index is 14.2. The maximum atomic E-state index is 14.2. The fourth-order valence-corrected chi connectivity index (χ4v) is 6.35. The number of rotatable bonds is 9. The number of amides is 3. The zero-order chi connectivity index (χ0) is 34.0. The van der Waals surface area contributed by atoms with Gasteiger partial charge in [0.05, 0.1) is 42.4 Å². The van der Waals surface area contributed by atoms with Crippen LogP contribution in [0.5, 0.6) is 11.5 Å². The molecule has 3 amide bonds. The van der Waals surface area contributed by atoms with Crippen molar-refractivity contribution in [2.75, 3.05) is 45.8 Å². The Bertz CT molecular complexity index is 1400. The van der Waals surface area contributed by atoms with Crippen molar-refractivity contribution in [2.24, 2.45) is 5.92 Å². The van der Waals surface area contributed by atoms with Gasteiger partial charge in [0.1, 0.15) is 11.5 Å². The summed E-state index contributed by atoms with van der Waals surface area (Å²) in [5.41, 5.74) is 0.661. The smallest absolute Gasteiger partial charge is 0.319 e. The van der Waals surface area contributed by atoms with Gasteiger partial charge >= 0.3 is 6.03 Å². The molecule has 0 fully saturated rings. The number of hydrogen-bond acceptors (Lipinski definition) is 8. The lowest BCUT2D eigenvalue weighted by Crippen LogP contribution is -2.48. The number of sulfonamides is 1. The van der Waals surface area contributed by atoms with Gasteiger partial charge in [-0.2, -0.15) is 4.31 Å². The Morgan fingerprint density at radius 1 is 1.13 bits per heavy atom. The number of anilines is 1. The van der Waals surface area contributed by atoms with Gasteiger partial charge in [0.25, 0.3) is 5.91 Å². The molecule has 0 spiro atoms. The first-order valence-corrected chi connectivity index (χ1v) is 17.2. The quantitative estimate of drug-likeness (QED) is 0.360. The molecule has 1 aliphatic rings. The van der Waals surface area contributed by atoms with E-state index in [0.29, 0.717) is 30.2 Å². The van der Waals surface area contributed by atoms with Crippen LogP contribution in [0.15, 0.2) is 47.4 Å². The molecule has 3 N–H and O–H groups in total. The predicted octanol–water partition coefficient (Wildman–Crippen LogP) is 4.34. The van der Waals surface area contributed by atoms with Crippen LogP contribution < -0.4 is 20.1 Å². The van der Waals surface area contributed by atoms with Crippen LogP contribution in [0.1, 0.15) is 64.2 Å². The SMILES string of the molecule is COc1ccc(S(=O)(=O)N(C)C[C@@H]2OCCCC[C@@H](C)Oc3ccc(NC(=O)NC(C)C)cc3C(=O)N([C@H](C)CO)C[C@@H]2C)cc1. The number of methoxy groups -OCH3 is 1. The van der Waals surface area contributed by atoms with Crippen LogP contribution in [0.4, 0.5) is 10.5 Å². The van der Waals surface area contributed by atoms with Gasteiger partial charge in [0.15, 0.2) is 0 Å². The number of fused-ring (bicyclic) bond motifs is 1. The molecule has 256 valence electrons. The molecule has 13 heteroatoms. The van der Waals surface area contributed by atoms with E-state index in [1.807, 2.05) is 27.7 Å². The van der Waals surface area contributed by atoms with E-state index >= 15 is 0 Å². The minimum absolute atomic E-state index is 0.0558. The van der Waals surface area contributed by atoms with Crippen LogP contribution in [0.2, 0.25) is 0 Å². The van der Waals surface area contributed by atoms with E-state index in [-0.39, 0.29) is 48.2 Å². The van der Waals surface area contributed by atoms with Gasteiger partial charge in [-0.25, -0.2) is 13.2 Å². The maximum Gasteiger partial charge on any atom is 0.319 e. The van der Waals surface area contributed by atoms with Crippen LogP contribution in [0.3, 0.4) is 0 Å². The summed E-state index contributed by atoms with van der Waals surface area (Å²) in [5, 5.41) is 15.7. The monoisotopic (exact) mass is 662 g/mol. The third-order valence-corrected chi connectivity index (χ3v) is 9.77. The number of aliphatic hydroxyl groups is 1. The number of nitrogens with one attached hydrogen (secondary N) is 2. The number of aliphatic hydroxyl groups excluding tert-OH is 1. The molecular formula is C33H50N4O8S. The number of ether oxygens (including phenoxy) is 3. The number of hydrogen-bond donors (Lipinski definition) is 3. The van der Waals surface area contributed by atoms with E-state index in [0.717, 1.165) is 12.8 Å². The highest BCUT2D eigenvalue weighted by atomic mass is 32.2. The average molecular weight is 663 g/mol. The highest BCUT2D eigenvalue weighted by Gasteiger charge is 2.32. The highest BCUT2D eigenvalue weighted by molar-refractivity contribution is 7.89. The van der Waals surface area contributed by atoms with Crippen molar-refractivity contribution in [1.29, 1.82) is 0 Å². The van der Waals surface area contributed by atoms with Crippen LogP contribution in [-0.4, -0.2) is 99.4 Å². The van der Waals surface area contributed by atoms with Crippen LogP contribution in [0.25, 0.3) is 0 Å². The first-order chi connectivity index (χ1) is 21.8. The van der Waals surface area contributed by atoms with Crippen molar-refractivity contribution in [2.45, 2.75) is 83.1 Å². The number of likely N-dealkylation sites (N-methyl/N-ethyl adjacent to an activating group) is 1. The number of benzene rings is 2. The lowest BCUT2D eigenvalue weighted by molar-refractivity contribution is -0.00834. The van der Waals surface area contributed by atoms with Gasteiger partial charge < -0.3 is 34.9 Å². The summed E-state index contributed by atoms with van der Waals surface area (Å²) in [6, 6.07) is 10.1. The first-order valence-electron chi connectivity index (χ1n) is 15.8. The van der Waals surface area contributed by atoms with E-state index in [2.05, 4.69) is 10.6 Å². The van der Waals surface area contributed by atoms with Crippen molar-refractivity contribution < 1.29 is 37.3 Å². The summed E-state index contributed by atoms with van der Waals surface area (Å²) in [4.78, 5) is 28.4. The summed E-state index contributed by atoms with van der Waals surface area (Å²) >= 11 is 0. The van der Waals surface area contributed by atoms with Gasteiger partial charge in [-0.05, 0) is 89.4 Å². The first kappa shape index (κ1) is 37.1. The molecule has 0 unspecified atom stereocenters. The Balaban J connectivity index is 1.95. The summed E-state index contributed by atoms with van der Waals surface area (Å²) in [6.45, 7) is 9.61. The van der Waals surface area contributed by atoms with Gasteiger partial charge in [0.2, 0.25) is 10.0 Å². The second-order valence-corrected chi connectivity index (χ2v) is 14.3. The molecule has 0 saturated carbocycles. The lowest BCUT2D eigenvalue weighted by Gasteiger charge is -2.35. The predicted molar refractivity (Wildman–Crippen MR) is 177 cm³/mol. The molecular weight excluding hydrogens is 612 g/mol. The van der Waals surface area contributed by atoms with Crippen LogP contribution in [0, 0.1) is 5.92 Å². The number of carbonyl (C=O) groups is 2. The molecule has 1 heterocycles. The number of urea groups is 1. The standard InChI is InChI=1S/C33H50N4O8S/c1-22(2)34-33(40)35-26-11-16-30-29(18-26)32(39)37(24(4)21-38)19-23(3)31(44-17-9-8-10-25(5)45-30)20-36(6)46(41,42)28-14-12-27(43-7)13-15-28/h11-16,18,22-25,31,38H,8-10,17,19-21H2,1-7H3,(H2,34,35,40)/t23-,24+,25+,31-/m0/s1. The molecule has 0 saturated heterocycles. The molecule has 0 radical (unpaired) electrons. The highest BCUT2D eigenvalue weighted by Crippen LogP contribution is 2.29. The lowest BCUT2D eigenvalue weighted by atomic mass is 10.0. The third-order valence-electron chi connectivity index (χ3n) is 7.93. The van der Waals surface area contributed by atoms with E-state index in [1.165, 1.54) is 30.6 Å². The molecule has 2 aromatic rings. The normalized spacial score (nSPS) is 20.8. The van der Waals surface area contributed by atoms with E-state index < -0.39 is 34.1 Å². The Morgan fingerprint density at radius 2 is 1.83 bits per heavy atom. The van der Waals surface area contributed by atoms with Crippen molar-refractivity contribution in [3.63, 3.8) is 0 Å². The van der Waals surface area contributed by atoms with Crippen molar-refractivity contribution in [1.82, 2.24) is 14.5 Å². The number of nitrogens with zero attached hydrogens (tertiary/aromatic N) is 2. The molecule has 1 aliphatic heterocycles. The Hall–Kier alpha value is -3.39. The summed E-state index contributed by atoms with van der Waals surface area (Å²) in [7, 11) is -0.813. The van der Waals surface area contributed by atoms with Gasteiger partial charge in [-0.1, -0.05) is 6.92 Å². The molecule has 3 rings (SSSR count). The topological polar surface area (TPSA) is 147 Å². The van der Waals surface area contributed by atoms with Gasteiger partial charge in [0, 0.05) is 44.4 Å². The van der Waals surface area contributed by atoms with E-state index in [4.69, 9.17) is 14.2 Å². The summed E-state index contributed by atoms with van der Waals surface area (Å²) in [5.74, 6) is 0.218. The van der Waals surface area contributed by atoms with Crippen molar-refractivity contribution in [3.8, 4) is 11.5 Å². The molecule has 0 bridgehead atoms. The third kappa shape index (κ3) is 10.1. The molecule has 4 atom stereocenters. The fraction of sp³-hybridized carbons (Fsp3) is 0.576. The Labute approximate surface area is 273 Å². The van der Waals surface area contributed by atoms with Gasteiger partial charge in [-0.3, -0.25) is 4.79 Å². The van der Waals surface area contributed by atoms with Crippen LogP contribution in [-0.2, 0) is 14.8 Å². The molecule has 2 aromatic carbocycles. The largest absolute Gasteiger partial charge is 0.497 e. The Kier molecular flexibility index (Phi) is 13.7. The fourth-order valence-electron chi connectivity index (χ4n) is 5.17. The van der Waals surface area contributed by atoms with E-state index in [9.17, 15) is 23.1 Å².